The van der Waals surface area contributed by atoms with Gasteiger partial charge in [0.15, 0.2) is 17.6 Å². The summed E-state index contributed by atoms with van der Waals surface area (Å²) >= 11 is 0. The first kappa shape index (κ1) is 11.5. The maximum absolute atomic E-state index is 12.2. The first-order valence-corrected chi connectivity index (χ1v) is 5.66. The quantitative estimate of drug-likeness (QED) is 0.821. The summed E-state index contributed by atoms with van der Waals surface area (Å²) in [5, 5.41) is 9.59. The average Bonchev–Trinajstić information content (AvgIpc) is 2.90. The van der Waals surface area contributed by atoms with Crippen molar-refractivity contribution in [3.05, 3.63) is 41.2 Å². The van der Waals surface area contributed by atoms with Gasteiger partial charge in [0.1, 0.15) is 29.1 Å². The third kappa shape index (κ3) is 1.87. The lowest BCUT2D eigenvalue weighted by molar-refractivity contribution is 0.0825. The fourth-order valence-electron chi connectivity index (χ4n) is 2.10. The molecule has 2 heterocycles. The standard InChI is InChI=1S/C14H10O5/c1-17-12-5-8(15)6-13-14(12)9(16)7-11(19-13)10-3-2-4-18-10/h4-6,11,15H,7H2,1H3. The van der Waals surface area contributed by atoms with Gasteiger partial charge >= 0.3 is 0 Å². The molecule has 2 aliphatic heterocycles. The summed E-state index contributed by atoms with van der Waals surface area (Å²) in [7, 11) is 1.43. The number of carbonyl (C=O) groups excluding carboxylic acids is 1. The molecule has 1 aromatic carbocycles. The number of phenolic OH excluding ortho intramolecular Hbond substituents is 1. The number of hydrogen-bond donors (Lipinski definition) is 1. The van der Waals surface area contributed by atoms with Crippen molar-refractivity contribution in [1.82, 2.24) is 0 Å². The molecule has 5 heteroatoms. The number of phenols is 1. The molecule has 0 saturated heterocycles. The molecule has 0 spiro atoms. The van der Waals surface area contributed by atoms with Gasteiger partial charge in [0.25, 0.3) is 0 Å². The molecule has 1 N–H and O–H groups in total. The van der Waals surface area contributed by atoms with Crippen molar-refractivity contribution in [2.24, 2.45) is 0 Å². The predicted molar refractivity (Wildman–Crippen MR) is 64.2 cm³/mol. The Bertz CT molecular complexity index is 661. The highest BCUT2D eigenvalue weighted by Crippen LogP contribution is 2.39. The number of ether oxygens (including phenoxy) is 3. The van der Waals surface area contributed by atoms with Crippen LogP contribution in [0.3, 0.4) is 0 Å². The van der Waals surface area contributed by atoms with Crippen LogP contribution in [0.4, 0.5) is 0 Å². The molecule has 0 aliphatic carbocycles. The van der Waals surface area contributed by atoms with E-state index in [9.17, 15) is 9.90 Å². The van der Waals surface area contributed by atoms with Crippen LogP contribution in [0.25, 0.3) is 0 Å². The van der Waals surface area contributed by atoms with Gasteiger partial charge < -0.3 is 19.3 Å². The maximum Gasteiger partial charge on any atom is 0.195 e. The second kappa shape index (κ2) is 4.25. The monoisotopic (exact) mass is 258 g/mol. The Morgan fingerprint density at radius 3 is 3.00 bits per heavy atom. The number of rotatable bonds is 2. The minimum absolute atomic E-state index is 0.0287. The minimum Gasteiger partial charge on any atom is -0.508 e. The lowest BCUT2D eigenvalue weighted by Gasteiger charge is -2.25. The van der Waals surface area contributed by atoms with E-state index in [0.29, 0.717) is 17.1 Å². The van der Waals surface area contributed by atoms with Crippen LogP contribution in [-0.4, -0.2) is 24.1 Å². The van der Waals surface area contributed by atoms with Crippen molar-refractivity contribution < 1.29 is 24.1 Å². The van der Waals surface area contributed by atoms with Crippen LogP contribution in [-0.2, 0) is 4.74 Å². The smallest absolute Gasteiger partial charge is 0.195 e. The van der Waals surface area contributed by atoms with E-state index in [-0.39, 0.29) is 23.7 Å². The van der Waals surface area contributed by atoms with Crippen molar-refractivity contribution in [3.63, 3.8) is 0 Å². The SMILES string of the molecule is COc1cc(O)cc2c1C(=O)CC(C1=C=C=CO1)O2. The van der Waals surface area contributed by atoms with E-state index >= 15 is 0 Å². The second-order valence-electron chi connectivity index (χ2n) is 4.12. The Kier molecular flexibility index (Phi) is 2.57. The van der Waals surface area contributed by atoms with Crippen LogP contribution in [0.1, 0.15) is 16.8 Å². The number of hydrogen-bond acceptors (Lipinski definition) is 5. The largest absolute Gasteiger partial charge is 0.508 e. The van der Waals surface area contributed by atoms with Crippen LogP contribution in [0.15, 0.2) is 35.6 Å². The Morgan fingerprint density at radius 1 is 1.47 bits per heavy atom. The first-order valence-electron chi connectivity index (χ1n) is 5.66. The molecule has 3 rings (SSSR count). The van der Waals surface area contributed by atoms with Gasteiger partial charge in [0, 0.05) is 12.1 Å². The number of methoxy groups -OCH3 is 1. The Hall–Kier alpha value is -2.61. The Morgan fingerprint density at radius 2 is 2.32 bits per heavy atom. The van der Waals surface area contributed by atoms with Crippen LogP contribution >= 0.6 is 0 Å². The van der Waals surface area contributed by atoms with Gasteiger partial charge in [-0.3, -0.25) is 4.79 Å². The molecule has 0 saturated carbocycles. The lowest BCUT2D eigenvalue weighted by atomic mass is 9.98. The topological polar surface area (TPSA) is 65.0 Å². The van der Waals surface area contributed by atoms with Crippen molar-refractivity contribution in [2.45, 2.75) is 12.5 Å². The second-order valence-corrected chi connectivity index (χ2v) is 4.12. The molecular weight excluding hydrogens is 248 g/mol. The summed E-state index contributed by atoms with van der Waals surface area (Å²) in [5.41, 5.74) is 5.72. The molecule has 0 bridgehead atoms. The minimum atomic E-state index is -0.558. The zero-order valence-corrected chi connectivity index (χ0v) is 10.1. The van der Waals surface area contributed by atoms with Crippen LogP contribution in [0.5, 0.6) is 17.2 Å². The Labute approximate surface area is 109 Å². The summed E-state index contributed by atoms with van der Waals surface area (Å²) in [6, 6.07) is 2.77. The van der Waals surface area contributed by atoms with E-state index in [1.54, 1.807) is 0 Å². The number of aromatic hydroxyl groups is 1. The third-order valence-electron chi connectivity index (χ3n) is 2.92. The van der Waals surface area contributed by atoms with Crippen LogP contribution in [0, 0.1) is 0 Å². The molecule has 0 radical (unpaired) electrons. The fraction of sp³-hybridized carbons (Fsp3) is 0.214. The molecule has 96 valence electrons. The highest BCUT2D eigenvalue weighted by Gasteiger charge is 2.33. The van der Waals surface area contributed by atoms with Crippen molar-refractivity contribution >= 4 is 5.78 Å². The molecular formula is C14H10O5. The van der Waals surface area contributed by atoms with E-state index in [2.05, 4.69) is 11.5 Å². The number of benzene rings is 1. The zero-order chi connectivity index (χ0) is 13.4. The van der Waals surface area contributed by atoms with Gasteiger partial charge in [-0.1, -0.05) is 0 Å². The van der Waals surface area contributed by atoms with Crippen molar-refractivity contribution in [3.8, 4) is 17.2 Å². The highest BCUT2D eigenvalue weighted by atomic mass is 16.5. The molecule has 1 unspecified atom stereocenters. The molecule has 0 aromatic heterocycles. The average molecular weight is 258 g/mol. The molecule has 1 atom stereocenters. The highest BCUT2D eigenvalue weighted by molar-refractivity contribution is 6.03. The number of fused-ring (bicyclic) bond motifs is 1. The third-order valence-corrected chi connectivity index (χ3v) is 2.92. The van der Waals surface area contributed by atoms with Gasteiger partial charge in [-0.05, 0) is 11.5 Å². The maximum atomic E-state index is 12.2. The molecule has 5 nitrogen and oxygen atoms in total. The van der Waals surface area contributed by atoms with Gasteiger partial charge in [0.05, 0.1) is 13.5 Å². The predicted octanol–water partition coefficient (Wildman–Crippen LogP) is 1.92. The summed E-state index contributed by atoms with van der Waals surface area (Å²) in [6.07, 6.45) is 0.922. The summed E-state index contributed by atoms with van der Waals surface area (Å²) in [6.45, 7) is 0. The van der Waals surface area contributed by atoms with Gasteiger partial charge in [-0.15, -0.1) is 0 Å². The number of Topliss-reactive ketones (excluding diaryl/α,β-unsaturated/α-hetero) is 1. The molecule has 1 aromatic rings. The number of ketones is 1. The van der Waals surface area contributed by atoms with Gasteiger partial charge in [0.2, 0.25) is 0 Å². The van der Waals surface area contributed by atoms with Gasteiger partial charge in [-0.25, -0.2) is 0 Å². The van der Waals surface area contributed by atoms with Crippen molar-refractivity contribution in [1.29, 1.82) is 0 Å². The number of carbonyl (C=O) groups is 1. The molecule has 2 aliphatic rings. The van der Waals surface area contributed by atoms with E-state index in [0.717, 1.165) is 0 Å². The van der Waals surface area contributed by atoms with E-state index in [4.69, 9.17) is 14.2 Å². The summed E-state index contributed by atoms with van der Waals surface area (Å²) < 4.78 is 15.9. The summed E-state index contributed by atoms with van der Waals surface area (Å²) in [5.74, 6) is 0.824. The van der Waals surface area contributed by atoms with E-state index in [1.807, 2.05) is 0 Å². The summed E-state index contributed by atoms with van der Waals surface area (Å²) in [4.78, 5) is 12.2. The van der Waals surface area contributed by atoms with E-state index < -0.39 is 6.10 Å². The van der Waals surface area contributed by atoms with Crippen LogP contribution in [0.2, 0.25) is 0 Å². The van der Waals surface area contributed by atoms with Crippen LogP contribution < -0.4 is 9.47 Å². The molecule has 0 amide bonds. The Balaban J connectivity index is 2.05. The van der Waals surface area contributed by atoms with Gasteiger partial charge in [-0.2, -0.15) is 0 Å². The van der Waals surface area contributed by atoms with E-state index in [1.165, 1.54) is 25.5 Å². The zero-order valence-electron chi connectivity index (χ0n) is 10.1. The lowest BCUT2D eigenvalue weighted by Crippen LogP contribution is -2.29. The fourth-order valence-corrected chi connectivity index (χ4v) is 2.10. The van der Waals surface area contributed by atoms with Crippen molar-refractivity contribution in [2.75, 3.05) is 7.11 Å². The molecule has 19 heavy (non-hydrogen) atoms. The normalized spacial score (nSPS) is 19.5. The first-order chi connectivity index (χ1) is 9.19. The molecule has 0 fully saturated rings.